The first-order valence-electron chi connectivity index (χ1n) is 13.1. The number of carboxylic acids is 1. The Labute approximate surface area is 223 Å². The second kappa shape index (κ2) is 17.6. The highest BCUT2D eigenvalue weighted by atomic mass is 16.6. The molecule has 0 aromatic heterocycles. The zero-order valence-electron chi connectivity index (χ0n) is 21.8. The fourth-order valence-electron chi connectivity index (χ4n) is 4.15. The topological polar surface area (TPSA) is 110 Å². The monoisotopic (exact) mass is 530 g/mol. The number of rotatable bonds is 21. The molecule has 0 spiro atoms. The summed E-state index contributed by atoms with van der Waals surface area (Å²) in [6, 6.07) is 16.6. The van der Waals surface area contributed by atoms with Crippen LogP contribution in [-0.4, -0.2) is 89.7 Å². The van der Waals surface area contributed by atoms with E-state index in [0.29, 0.717) is 78.9 Å². The van der Waals surface area contributed by atoms with Crippen molar-refractivity contribution in [2.45, 2.75) is 25.2 Å². The number of benzene rings is 2. The van der Waals surface area contributed by atoms with Crippen LogP contribution >= 0.6 is 0 Å². The average Bonchev–Trinajstić information content (AvgIpc) is 3.24. The summed E-state index contributed by atoms with van der Waals surface area (Å²) in [4.78, 5) is 22.6. The van der Waals surface area contributed by atoms with E-state index in [-0.39, 0.29) is 24.9 Å². The highest BCUT2D eigenvalue weighted by molar-refractivity contribution is 5.79. The molecule has 3 rings (SSSR count). The SMILES string of the molecule is O=C(O)CCOCCOCCOCCOCCOCCCC(=O)OCC1c2ccccc2-c2ccccc21. The summed E-state index contributed by atoms with van der Waals surface area (Å²) in [5.41, 5.74) is 4.85. The van der Waals surface area contributed by atoms with Crippen molar-refractivity contribution in [3.8, 4) is 11.1 Å². The average molecular weight is 531 g/mol. The van der Waals surface area contributed by atoms with Gasteiger partial charge in [0.15, 0.2) is 0 Å². The lowest BCUT2D eigenvalue weighted by molar-refractivity contribution is -0.144. The third-order valence-corrected chi connectivity index (χ3v) is 5.99. The van der Waals surface area contributed by atoms with E-state index in [4.69, 9.17) is 33.5 Å². The zero-order valence-corrected chi connectivity index (χ0v) is 21.8. The predicted molar refractivity (Wildman–Crippen MR) is 140 cm³/mol. The van der Waals surface area contributed by atoms with Crippen LogP contribution in [-0.2, 0) is 38.0 Å². The lowest BCUT2D eigenvalue weighted by Crippen LogP contribution is -2.14. The summed E-state index contributed by atoms with van der Waals surface area (Å²) in [5.74, 6) is -1.01. The van der Waals surface area contributed by atoms with Crippen molar-refractivity contribution < 1.29 is 43.1 Å². The van der Waals surface area contributed by atoms with Crippen molar-refractivity contribution >= 4 is 11.9 Å². The van der Waals surface area contributed by atoms with Gasteiger partial charge in [-0.15, -0.1) is 0 Å². The lowest BCUT2D eigenvalue weighted by atomic mass is 9.98. The maximum Gasteiger partial charge on any atom is 0.305 e. The summed E-state index contributed by atoms with van der Waals surface area (Å²) in [6.07, 6.45) is 0.918. The molecule has 38 heavy (non-hydrogen) atoms. The van der Waals surface area contributed by atoms with Gasteiger partial charge in [-0.3, -0.25) is 9.59 Å². The molecular weight excluding hydrogens is 492 g/mol. The van der Waals surface area contributed by atoms with Crippen LogP contribution in [0.3, 0.4) is 0 Å². The Kier molecular flexibility index (Phi) is 13.8. The van der Waals surface area contributed by atoms with Crippen LogP contribution in [0.25, 0.3) is 11.1 Å². The summed E-state index contributed by atoms with van der Waals surface area (Å²) in [7, 11) is 0. The Bertz CT molecular complexity index is 933. The van der Waals surface area contributed by atoms with Crippen LogP contribution in [0.15, 0.2) is 48.5 Å². The Balaban J connectivity index is 1.11. The van der Waals surface area contributed by atoms with Gasteiger partial charge >= 0.3 is 11.9 Å². The molecule has 208 valence electrons. The van der Waals surface area contributed by atoms with Crippen molar-refractivity contribution in [1.29, 1.82) is 0 Å². The number of aliphatic carboxylic acids is 1. The van der Waals surface area contributed by atoms with Crippen LogP contribution in [0.2, 0.25) is 0 Å². The number of hydrogen-bond donors (Lipinski definition) is 1. The lowest BCUT2D eigenvalue weighted by Gasteiger charge is -2.14. The van der Waals surface area contributed by atoms with Gasteiger partial charge in [0.2, 0.25) is 0 Å². The second-order valence-corrected chi connectivity index (χ2v) is 8.72. The van der Waals surface area contributed by atoms with Crippen LogP contribution < -0.4 is 0 Å². The molecule has 2 aromatic rings. The largest absolute Gasteiger partial charge is 0.481 e. The van der Waals surface area contributed by atoms with Crippen LogP contribution in [0.5, 0.6) is 0 Å². The van der Waals surface area contributed by atoms with E-state index in [0.717, 1.165) is 0 Å². The van der Waals surface area contributed by atoms with Gasteiger partial charge in [-0.05, 0) is 28.7 Å². The van der Waals surface area contributed by atoms with Crippen molar-refractivity contribution in [3.05, 3.63) is 59.7 Å². The third-order valence-electron chi connectivity index (χ3n) is 5.99. The Morgan fingerprint density at radius 3 is 1.55 bits per heavy atom. The quantitative estimate of drug-likeness (QED) is 0.191. The highest BCUT2D eigenvalue weighted by Crippen LogP contribution is 2.44. The summed E-state index contributed by atoms with van der Waals surface area (Å²) >= 11 is 0. The van der Waals surface area contributed by atoms with Gasteiger partial charge in [-0.1, -0.05) is 48.5 Å². The second-order valence-electron chi connectivity index (χ2n) is 8.72. The molecule has 1 aliphatic rings. The molecule has 1 N–H and O–H groups in total. The van der Waals surface area contributed by atoms with Gasteiger partial charge in [0.1, 0.15) is 6.61 Å². The number of esters is 1. The first-order valence-corrected chi connectivity index (χ1v) is 13.1. The molecule has 9 heteroatoms. The smallest absolute Gasteiger partial charge is 0.305 e. The fraction of sp³-hybridized carbons (Fsp3) is 0.517. The number of carbonyl (C=O) groups excluding carboxylic acids is 1. The molecule has 0 amide bonds. The zero-order chi connectivity index (χ0) is 26.8. The fourth-order valence-corrected chi connectivity index (χ4v) is 4.15. The van der Waals surface area contributed by atoms with Gasteiger partial charge in [0.05, 0.1) is 65.9 Å². The number of ether oxygens (including phenoxy) is 6. The van der Waals surface area contributed by atoms with E-state index in [9.17, 15) is 9.59 Å². The number of fused-ring (bicyclic) bond motifs is 3. The van der Waals surface area contributed by atoms with Crippen molar-refractivity contribution in [3.63, 3.8) is 0 Å². The van der Waals surface area contributed by atoms with Crippen molar-refractivity contribution in [2.24, 2.45) is 0 Å². The normalized spacial score (nSPS) is 12.3. The molecule has 0 radical (unpaired) electrons. The predicted octanol–water partition coefficient (Wildman–Crippen LogP) is 3.68. The molecular formula is C29H38O9. The van der Waals surface area contributed by atoms with Gasteiger partial charge in [-0.2, -0.15) is 0 Å². The minimum atomic E-state index is -0.876. The van der Waals surface area contributed by atoms with E-state index in [2.05, 4.69) is 24.3 Å². The molecule has 0 saturated carbocycles. The molecule has 2 aromatic carbocycles. The Hall–Kier alpha value is -2.82. The van der Waals surface area contributed by atoms with Gasteiger partial charge in [0.25, 0.3) is 0 Å². The van der Waals surface area contributed by atoms with E-state index < -0.39 is 5.97 Å². The van der Waals surface area contributed by atoms with E-state index >= 15 is 0 Å². The first kappa shape index (κ1) is 29.7. The molecule has 0 unspecified atom stereocenters. The number of carboxylic acid groups (broad SMARTS) is 1. The molecule has 0 fully saturated rings. The summed E-state index contributed by atoms with van der Waals surface area (Å²) in [6.45, 7) is 4.49. The molecule has 1 aliphatic carbocycles. The highest BCUT2D eigenvalue weighted by Gasteiger charge is 2.28. The molecule has 0 atom stereocenters. The minimum Gasteiger partial charge on any atom is -0.481 e. The van der Waals surface area contributed by atoms with E-state index in [1.54, 1.807) is 0 Å². The van der Waals surface area contributed by atoms with E-state index in [1.165, 1.54) is 22.3 Å². The first-order chi connectivity index (χ1) is 18.7. The van der Waals surface area contributed by atoms with Crippen molar-refractivity contribution in [1.82, 2.24) is 0 Å². The van der Waals surface area contributed by atoms with Crippen LogP contribution in [0, 0.1) is 0 Å². The summed E-state index contributed by atoms with van der Waals surface area (Å²) < 4.78 is 32.4. The maximum absolute atomic E-state index is 12.3. The molecule has 0 bridgehead atoms. The van der Waals surface area contributed by atoms with Crippen molar-refractivity contribution in [2.75, 3.05) is 72.7 Å². The summed E-state index contributed by atoms with van der Waals surface area (Å²) in [5, 5.41) is 8.49. The van der Waals surface area contributed by atoms with E-state index in [1.807, 2.05) is 24.3 Å². The molecule has 9 nitrogen and oxygen atoms in total. The standard InChI is InChI=1S/C29H38O9/c30-28(31)11-13-34-15-17-36-19-21-37-20-18-35-16-14-33-12-5-10-29(32)38-22-27-25-8-3-1-6-23(25)24-7-2-4-9-26(24)27/h1-4,6-9,27H,5,10-22H2,(H,30,31). The minimum absolute atomic E-state index is 0.00452. The van der Waals surface area contributed by atoms with Gasteiger partial charge in [0, 0.05) is 18.9 Å². The third kappa shape index (κ3) is 10.5. The van der Waals surface area contributed by atoms with Crippen LogP contribution in [0.1, 0.15) is 36.3 Å². The molecule has 0 aliphatic heterocycles. The number of carbonyl (C=O) groups is 2. The van der Waals surface area contributed by atoms with Gasteiger partial charge < -0.3 is 33.5 Å². The van der Waals surface area contributed by atoms with Gasteiger partial charge in [-0.25, -0.2) is 0 Å². The Morgan fingerprint density at radius 2 is 1.05 bits per heavy atom. The Morgan fingerprint density at radius 1 is 0.605 bits per heavy atom. The molecule has 0 heterocycles. The number of hydrogen-bond acceptors (Lipinski definition) is 8. The maximum atomic E-state index is 12.3. The van der Waals surface area contributed by atoms with Crippen LogP contribution in [0.4, 0.5) is 0 Å². The molecule has 0 saturated heterocycles.